The van der Waals surface area contributed by atoms with Crippen LogP contribution < -0.4 is 5.32 Å². The molecule has 3 nitrogen and oxygen atoms in total. The number of phenolic OH excluding ortho intramolecular Hbond substituents is 1. The zero-order valence-corrected chi connectivity index (χ0v) is 10.7. The van der Waals surface area contributed by atoms with Gasteiger partial charge in [0.2, 0.25) is 0 Å². The number of hydrogen-bond donors (Lipinski definition) is 2. The second kappa shape index (κ2) is 4.78. The summed E-state index contributed by atoms with van der Waals surface area (Å²) in [6.45, 7) is 0. The number of anilines is 2. The summed E-state index contributed by atoms with van der Waals surface area (Å²) < 4.78 is 0. The van der Waals surface area contributed by atoms with Crippen molar-refractivity contribution in [1.82, 2.24) is 4.98 Å². The lowest BCUT2D eigenvalue weighted by Crippen LogP contribution is -1.92. The third-order valence-electron chi connectivity index (χ3n) is 2.90. The third kappa shape index (κ3) is 2.33. The molecule has 19 heavy (non-hydrogen) atoms. The van der Waals surface area contributed by atoms with Gasteiger partial charge in [0.15, 0.2) is 0 Å². The molecule has 1 heterocycles. The van der Waals surface area contributed by atoms with Gasteiger partial charge in [-0.25, -0.2) is 0 Å². The fourth-order valence-electron chi connectivity index (χ4n) is 1.93. The summed E-state index contributed by atoms with van der Waals surface area (Å²) in [6.07, 6.45) is 3.44. The second-order valence-corrected chi connectivity index (χ2v) is 4.60. The number of para-hydroxylation sites is 1. The SMILES string of the molecule is Oc1cc2cnccc2cc1Nc1ccccc1Cl. The van der Waals surface area contributed by atoms with Crippen molar-refractivity contribution in [2.45, 2.75) is 0 Å². The Hall–Kier alpha value is -2.26. The van der Waals surface area contributed by atoms with Crippen LogP contribution in [-0.2, 0) is 0 Å². The second-order valence-electron chi connectivity index (χ2n) is 4.20. The number of hydrogen-bond acceptors (Lipinski definition) is 3. The number of nitrogens with one attached hydrogen (secondary N) is 1. The molecule has 3 aromatic rings. The van der Waals surface area contributed by atoms with Crippen molar-refractivity contribution in [3.05, 3.63) is 59.9 Å². The molecule has 0 aliphatic rings. The first-order valence-electron chi connectivity index (χ1n) is 5.82. The molecule has 94 valence electrons. The minimum atomic E-state index is 0.167. The minimum Gasteiger partial charge on any atom is -0.506 e. The molecule has 0 fully saturated rings. The number of phenols is 1. The summed E-state index contributed by atoms with van der Waals surface area (Å²) in [5.41, 5.74) is 1.37. The Balaban J connectivity index is 2.06. The largest absolute Gasteiger partial charge is 0.506 e. The van der Waals surface area contributed by atoms with Crippen LogP contribution in [0, 0.1) is 0 Å². The highest BCUT2D eigenvalue weighted by atomic mass is 35.5. The monoisotopic (exact) mass is 270 g/mol. The van der Waals surface area contributed by atoms with Crippen LogP contribution in [0.2, 0.25) is 5.02 Å². The maximum atomic E-state index is 10.0. The van der Waals surface area contributed by atoms with Crippen molar-refractivity contribution in [1.29, 1.82) is 0 Å². The fraction of sp³-hybridized carbons (Fsp3) is 0. The van der Waals surface area contributed by atoms with E-state index in [1.54, 1.807) is 24.5 Å². The summed E-state index contributed by atoms with van der Waals surface area (Å²) >= 11 is 6.09. The quantitative estimate of drug-likeness (QED) is 0.681. The van der Waals surface area contributed by atoms with Gasteiger partial charge in [0.1, 0.15) is 5.75 Å². The summed E-state index contributed by atoms with van der Waals surface area (Å²) in [5, 5.41) is 15.7. The third-order valence-corrected chi connectivity index (χ3v) is 3.23. The molecular formula is C15H11ClN2O. The van der Waals surface area contributed by atoms with E-state index in [0.717, 1.165) is 16.5 Å². The Morgan fingerprint density at radius 1 is 1.00 bits per heavy atom. The van der Waals surface area contributed by atoms with Crippen LogP contribution in [0.25, 0.3) is 10.8 Å². The van der Waals surface area contributed by atoms with Gasteiger partial charge in [0.25, 0.3) is 0 Å². The summed E-state index contributed by atoms with van der Waals surface area (Å²) in [7, 11) is 0. The number of benzene rings is 2. The van der Waals surface area contributed by atoms with Gasteiger partial charge in [-0.2, -0.15) is 0 Å². The number of halogens is 1. The first-order chi connectivity index (χ1) is 9.24. The molecule has 0 bridgehead atoms. The van der Waals surface area contributed by atoms with E-state index in [1.165, 1.54) is 0 Å². The number of rotatable bonds is 2. The van der Waals surface area contributed by atoms with Crippen molar-refractivity contribution >= 4 is 33.7 Å². The van der Waals surface area contributed by atoms with Crippen LogP contribution in [0.5, 0.6) is 5.75 Å². The van der Waals surface area contributed by atoms with Crippen molar-refractivity contribution in [2.24, 2.45) is 0 Å². The van der Waals surface area contributed by atoms with Gasteiger partial charge in [-0.1, -0.05) is 23.7 Å². The number of aromatic nitrogens is 1. The van der Waals surface area contributed by atoms with E-state index in [2.05, 4.69) is 10.3 Å². The average Bonchev–Trinajstić information content (AvgIpc) is 2.42. The number of nitrogens with zero attached hydrogens (tertiary/aromatic N) is 1. The van der Waals surface area contributed by atoms with E-state index in [-0.39, 0.29) is 5.75 Å². The van der Waals surface area contributed by atoms with E-state index < -0.39 is 0 Å². The molecule has 0 saturated carbocycles. The zero-order chi connectivity index (χ0) is 13.2. The van der Waals surface area contributed by atoms with Crippen LogP contribution in [0.3, 0.4) is 0 Å². The Morgan fingerprint density at radius 2 is 1.84 bits per heavy atom. The molecule has 0 spiro atoms. The Morgan fingerprint density at radius 3 is 2.68 bits per heavy atom. The van der Waals surface area contributed by atoms with E-state index in [0.29, 0.717) is 10.7 Å². The molecule has 4 heteroatoms. The number of aromatic hydroxyl groups is 1. The van der Waals surface area contributed by atoms with Gasteiger partial charge >= 0.3 is 0 Å². The molecule has 0 amide bonds. The molecule has 2 aromatic carbocycles. The lowest BCUT2D eigenvalue weighted by molar-refractivity contribution is 0.478. The summed E-state index contributed by atoms with van der Waals surface area (Å²) in [4.78, 5) is 4.03. The van der Waals surface area contributed by atoms with Gasteiger partial charge in [-0.15, -0.1) is 0 Å². The fourth-order valence-corrected chi connectivity index (χ4v) is 2.11. The van der Waals surface area contributed by atoms with E-state index in [9.17, 15) is 5.11 Å². The first kappa shape index (κ1) is 11.8. The normalized spacial score (nSPS) is 10.6. The molecule has 0 saturated heterocycles. The molecular weight excluding hydrogens is 260 g/mol. The minimum absolute atomic E-state index is 0.167. The summed E-state index contributed by atoms with van der Waals surface area (Å²) in [5.74, 6) is 0.167. The maximum Gasteiger partial charge on any atom is 0.139 e. The zero-order valence-electron chi connectivity index (χ0n) is 9.97. The highest BCUT2D eigenvalue weighted by Crippen LogP contribution is 2.33. The number of pyridine rings is 1. The van der Waals surface area contributed by atoms with Gasteiger partial charge < -0.3 is 10.4 Å². The van der Waals surface area contributed by atoms with Crippen LogP contribution in [0.4, 0.5) is 11.4 Å². The highest BCUT2D eigenvalue weighted by Gasteiger charge is 2.06. The van der Waals surface area contributed by atoms with Crippen molar-refractivity contribution in [3.63, 3.8) is 0 Å². The van der Waals surface area contributed by atoms with Crippen LogP contribution in [0.15, 0.2) is 54.9 Å². The van der Waals surface area contributed by atoms with Crippen molar-refractivity contribution in [3.8, 4) is 5.75 Å². The Bertz CT molecular complexity index is 743. The highest BCUT2D eigenvalue weighted by molar-refractivity contribution is 6.33. The predicted octanol–water partition coefficient (Wildman–Crippen LogP) is 4.34. The van der Waals surface area contributed by atoms with E-state index >= 15 is 0 Å². The summed E-state index contributed by atoms with van der Waals surface area (Å²) in [6, 6.07) is 12.9. The van der Waals surface area contributed by atoms with Crippen LogP contribution in [-0.4, -0.2) is 10.1 Å². The molecule has 0 atom stereocenters. The molecule has 2 N–H and O–H groups in total. The molecule has 0 radical (unpaired) electrons. The van der Waals surface area contributed by atoms with Crippen molar-refractivity contribution in [2.75, 3.05) is 5.32 Å². The van der Waals surface area contributed by atoms with Gasteiger partial charge in [-0.05, 0) is 35.7 Å². The van der Waals surface area contributed by atoms with Crippen molar-refractivity contribution < 1.29 is 5.11 Å². The average molecular weight is 271 g/mol. The lowest BCUT2D eigenvalue weighted by Gasteiger charge is -2.11. The topological polar surface area (TPSA) is 45.2 Å². The smallest absolute Gasteiger partial charge is 0.139 e. The first-order valence-corrected chi connectivity index (χ1v) is 6.20. The Kier molecular flexibility index (Phi) is 2.97. The predicted molar refractivity (Wildman–Crippen MR) is 78.1 cm³/mol. The van der Waals surface area contributed by atoms with Gasteiger partial charge in [0.05, 0.1) is 16.4 Å². The molecule has 1 aromatic heterocycles. The molecule has 3 rings (SSSR count). The van der Waals surface area contributed by atoms with Crippen LogP contribution >= 0.6 is 11.6 Å². The molecule has 0 aliphatic carbocycles. The maximum absolute atomic E-state index is 10.0. The van der Waals surface area contributed by atoms with E-state index in [4.69, 9.17) is 11.6 Å². The van der Waals surface area contributed by atoms with E-state index in [1.807, 2.05) is 30.3 Å². The molecule has 0 unspecified atom stereocenters. The van der Waals surface area contributed by atoms with Gasteiger partial charge in [0, 0.05) is 17.8 Å². The standard InChI is InChI=1S/C15H11ClN2O/c16-12-3-1-2-4-13(12)18-14-7-10-5-6-17-9-11(10)8-15(14)19/h1-9,18-19H. The van der Waals surface area contributed by atoms with Crippen LogP contribution in [0.1, 0.15) is 0 Å². The Labute approximate surface area is 115 Å². The van der Waals surface area contributed by atoms with Gasteiger partial charge in [-0.3, -0.25) is 4.98 Å². The molecule has 0 aliphatic heterocycles. The number of fused-ring (bicyclic) bond motifs is 1. The lowest BCUT2D eigenvalue weighted by atomic mass is 10.1.